The number of thiocarbonyl (C=S) groups is 1. The lowest BCUT2D eigenvalue weighted by atomic mass is 10.0. The molecule has 6 heteroatoms. The van der Waals surface area contributed by atoms with Crippen molar-refractivity contribution in [2.75, 3.05) is 11.9 Å². The van der Waals surface area contributed by atoms with E-state index >= 15 is 0 Å². The Morgan fingerprint density at radius 1 is 1.16 bits per heavy atom. The lowest BCUT2D eigenvalue weighted by Crippen LogP contribution is -2.44. The van der Waals surface area contributed by atoms with Gasteiger partial charge >= 0.3 is 0 Å². The standard InChI is InChI=1S/C19H17FN4S/c20-15-5-1-6-16(12-15)22-19(25)24-11-10-23-9-3-7-17(23)18(24)14-4-2-8-21-13-14/h1-9,12-13,18H,10-11H2,(H,22,25)/t18-/m0/s1. The van der Waals surface area contributed by atoms with E-state index in [0.717, 1.165) is 18.7 Å². The number of nitrogens with zero attached hydrogens (tertiary/aromatic N) is 3. The van der Waals surface area contributed by atoms with E-state index in [4.69, 9.17) is 12.2 Å². The zero-order valence-electron chi connectivity index (χ0n) is 13.5. The number of hydrogen-bond donors (Lipinski definition) is 1. The number of pyridine rings is 1. The van der Waals surface area contributed by atoms with Crippen molar-refractivity contribution >= 4 is 23.0 Å². The quantitative estimate of drug-likeness (QED) is 0.711. The molecular formula is C19H17FN4S. The average molecular weight is 352 g/mol. The Morgan fingerprint density at radius 3 is 2.88 bits per heavy atom. The fourth-order valence-corrected chi connectivity index (χ4v) is 3.57. The highest BCUT2D eigenvalue weighted by atomic mass is 32.1. The Labute approximate surface area is 150 Å². The molecule has 0 spiro atoms. The number of hydrogen-bond acceptors (Lipinski definition) is 2. The molecule has 2 aromatic heterocycles. The van der Waals surface area contributed by atoms with E-state index in [1.165, 1.54) is 17.8 Å². The molecule has 1 aromatic carbocycles. The third kappa shape index (κ3) is 3.13. The summed E-state index contributed by atoms with van der Waals surface area (Å²) >= 11 is 5.64. The van der Waals surface area contributed by atoms with Gasteiger partial charge in [0.05, 0.1) is 6.04 Å². The fourth-order valence-electron chi connectivity index (χ4n) is 3.25. The summed E-state index contributed by atoms with van der Waals surface area (Å²) < 4.78 is 15.7. The maximum atomic E-state index is 13.4. The maximum Gasteiger partial charge on any atom is 0.174 e. The topological polar surface area (TPSA) is 33.1 Å². The van der Waals surface area contributed by atoms with Crippen molar-refractivity contribution in [1.29, 1.82) is 0 Å². The Bertz CT molecular complexity index is 893. The van der Waals surface area contributed by atoms with Crippen molar-refractivity contribution in [3.05, 3.63) is 84.2 Å². The Kier molecular flexibility index (Phi) is 4.19. The minimum absolute atomic E-state index is 0.0222. The first-order valence-corrected chi connectivity index (χ1v) is 8.51. The van der Waals surface area contributed by atoms with E-state index in [-0.39, 0.29) is 11.9 Å². The van der Waals surface area contributed by atoms with Gasteiger partial charge in [0.25, 0.3) is 0 Å². The molecule has 1 atom stereocenters. The van der Waals surface area contributed by atoms with Gasteiger partial charge in [-0.2, -0.15) is 0 Å². The zero-order valence-corrected chi connectivity index (χ0v) is 14.3. The van der Waals surface area contributed by atoms with Crippen molar-refractivity contribution in [2.24, 2.45) is 0 Å². The molecule has 3 aromatic rings. The molecule has 0 radical (unpaired) electrons. The first-order chi connectivity index (χ1) is 12.2. The van der Waals surface area contributed by atoms with E-state index in [1.54, 1.807) is 18.3 Å². The summed E-state index contributed by atoms with van der Waals surface area (Å²) in [5.74, 6) is -0.288. The van der Waals surface area contributed by atoms with Crippen LogP contribution in [0.15, 0.2) is 67.1 Å². The molecule has 1 aliphatic rings. The summed E-state index contributed by atoms with van der Waals surface area (Å²) in [5, 5.41) is 3.74. The largest absolute Gasteiger partial charge is 0.348 e. The molecule has 126 valence electrons. The van der Waals surface area contributed by atoms with Gasteiger partial charge in [0, 0.05) is 43.1 Å². The van der Waals surface area contributed by atoms with Gasteiger partial charge in [-0.05, 0) is 54.2 Å². The van der Waals surface area contributed by atoms with E-state index in [9.17, 15) is 4.39 Å². The summed E-state index contributed by atoms with van der Waals surface area (Å²) in [5.41, 5.74) is 2.89. The molecular weight excluding hydrogens is 335 g/mol. The Hall–Kier alpha value is -2.73. The van der Waals surface area contributed by atoms with Gasteiger partial charge in [-0.3, -0.25) is 4.98 Å². The molecule has 0 fully saturated rings. The molecule has 0 amide bonds. The number of aromatic nitrogens is 2. The van der Waals surface area contributed by atoms with Gasteiger partial charge in [0.1, 0.15) is 5.82 Å². The normalized spacial score (nSPS) is 16.4. The summed E-state index contributed by atoms with van der Waals surface area (Å²) in [6, 6.07) is 14.4. The van der Waals surface area contributed by atoms with Crippen LogP contribution in [0.4, 0.5) is 10.1 Å². The van der Waals surface area contributed by atoms with Gasteiger partial charge in [0.2, 0.25) is 0 Å². The van der Waals surface area contributed by atoms with Crippen molar-refractivity contribution in [2.45, 2.75) is 12.6 Å². The zero-order chi connectivity index (χ0) is 17.2. The van der Waals surface area contributed by atoms with Crippen molar-refractivity contribution in [3.8, 4) is 0 Å². The summed E-state index contributed by atoms with van der Waals surface area (Å²) in [4.78, 5) is 6.39. The molecule has 0 unspecified atom stereocenters. The molecule has 0 aliphatic carbocycles. The molecule has 0 saturated carbocycles. The SMILES string of the molecule is Fc1cccc(NC(=S)N2CCn3cccc3[C@@H]2c2cccnc2)c1. The van der Waals surface area contributed by atoms with Crippen LogP contribution in [0.1, 0.15) is 17.3 Å². The van der Waals surface area contributed by atoms with Crippen LogP contribution in [0.2, 0.25) is 0 Å². The molecule has 1 aliphatic heterocycles. The third-order valence-corrected chi connectivity index (χ3v) is 4.71. The predicted molar refractivity (Wildman–Crippen MR) is 99.8 cm³/mol. The highest BCUT2D eigenvalue weighted by Crippen LogP contribution is 2.32. The fraction of sp³-hybridized carbons (Fsp3) is 0.158. The minimum atomic E-state index is -0.288. The Morgan fingerprint density at radius 2 is 2.08 bits per heavy atom. The third-order valence-electron chi connectivity index (χ3n) is 4.38. The summed E-state index contributed by atoms with van der Waals surface area (Å²) in [6.45, 7) is 1.62. The number of halogens is 1. The van der Waals surface area contributed by atoms with Crippen LogP contribution < -0.4 is 5.32 Å². The molecule has 0 saturated heterocycles. The second-order valence-electron chi connectivity index (χ2n) is 5.95. The molecule has 4 nitrogen and oxygen atoms in total. The number of nitrogens with one attached hydrogen (secondary N) is 1. The second-order valence-corrected chi connectivity index (χ2v) is 6.34. The number of rotatable bonds is 2. The monoisotopic (exact) mass is 352 g/mol. The van der Waals surface area contributed by atoms with Gasteiger partial charge in [-0.15, -0.1) is 0 Å². The minimum Gasteiger partial charge on any atom is -0.348 e. The highest BCUT2D eigenvalue weighted by molar-refractivity contribution is 7.80. The maximum absolute atomic E-state index is 13.4. The van der Waals surface area contributed by atoms with Crippen LogP contribution in [-0.4, -0.2) is 26.1 Å². The van der Waals surface area contributed by atoms with E-state index in [1.807, 2.05) is 18.3 Å². The average Bonchev–Trinajstić information content (AvgIpc) is 3.10. The first-order valence-electron chi connectivity index (χ1n) is 8.10. The van der Waals surface area contributed by atoms with Crippen LogP contribution >= 0.6 is 12.2 Å². The smallest absolute Gasteiger partial charge is 0.174 e. The predicted octanol–water partition coefficient (Wildman–Crippen LogP) is 3.82. The summed E-state index contributed by atoms with van der Waals surface area (Å²) in [7, 11) is 0. The van der Waals surface area contributed by atoms with Crippen LogP contribution in [-0.2, 0) is 6.54 Å². The number of anilines is 1. The molecule has 25 heavy (non-hydrogen) atoms. The highest BCUT2D eigenvalue weighted by Gasteiger charge is 2.30. The van der Waals surface area contributed by atoms with Crippen LogP contribution in [0.25, 0.3) is 0 Å². The van der Waals surface area contributed by atoms with Crippen molar-refractivity contribution in [3.63, 3.8) is 0 Å². The Balaban J connectivity index is 1.66. The summed E-state index contributed by atoms with van der Waals surface area (Å²) in [6.07, 6.45) is 5.71. The molecule has 3 heterocycles. The molecule has 0 bridgehead atoms. The van der Waals surface area contributed by atoms with Gasteiger partial charge < -0.3 is 14.8 Å². The van der Waals surface area contributed by atoms with Gasteiger partial charge in [0.15, 0.2) is 5.11 Å². The van der Waals surface area contributed by atoms with E-state index in [2.05, 4.69) is 38.1 Å². The van der Waals surface area contributed by atoms with Gasteiger partial charge in [-0.25, -0.2) is 4.39 Å². The van der Waals surface area contributed by atoms with E-state index in [0.29, 0.717) is 10.8 Å². The van der Waals surface area contributed by atoms with E-state index < -0.39 is 0 Å². The van der Waals surface area contributed by atoms with Crippen LogP contribution in [0.3, 0.4) is 0 Å². The van der Waals surface area contributed by atoms with Crippen molar-refractivity contribution < 1.29 is 4.39 Å². The first kappa shape index (κ1) is 15.8. The number of fused-ring (bicyclic) bond motifs is 1. The van der Waals surface area contributed by atoms with Crippen molar-refractivity contribution in [1.82, 2.24) is 14.5 Å². The lowest BCUT2D eigenvalue weighted by molar-refractivity contribution is 0.293. The van der Waals surface area contributed by atoms with Gasteiger partial charge in [-0.1, -0.05) is 12.1 Å². The lowest BCUT2D eigenvalue weighted by Gasteiger charge is -2.38. The van der Waals surface area contributed by atoms with Crippen LogP contribution in [0, 0.1) is 5.82 Å². The second kappa shape index (κ2) is 6.64. The molecule has 4 rings (SSSR count). The molecule has 1 N–H and O–H groups in total. The van der Waals surface area contributed by atoms with Crippen LogP contribution in [0.5, 0.6) is 0 Å². The number of benzene rings is 1.